The number of piperidine rings is 1. The summed E-state index contributed by atoms with van der Waals surface area (Å²) < 4.78 is 1.21. The molecule has 1 aliphatic heterocycles. The molecule has 25 heavy (non-hydrogen) atoms. The second-order valence-electron chi connectivity index (χ2n) is 6.07. The summed E-state index contributed by atoms with van der Waals surface area (Å²) >= 11 is 18.0. The average molecular weight is 405 g/mol. The van der Waals surface area contributed by atoms with E-state index in [0.717, 1.165) is 13.0 Å². The van der Waals surface area contributed by atoms with E-state index >= 15 is 0 Å². The van der Waals surface area contributed by atoms with Crippen molar-refractivity contribution in [1.82, 2.24) is 14.9 Å². The van der Waals surface area contributed by atoms with Gasteiger partial charge in [-0.1, -0.05) is 34.8 Å². The van der Waals surface area contributed by atoms with Gasteiger partial charge in [0.1, 0.15) is 0 Å². The predicted molar refractivity (Wildman–Crippen MR) is 97.7 cm³/mol. The van der Waals surface area contributed by atoms with Crippen molar-refractivity contribution < 1.29 is 9.90 Å². The number of nitrogens with zero attached hydrogens (tertiary/aromatic N) is 2. The molecule has 6 nitrogen and oxygen atoms in total. The molecule has 9 heteroatoms. The van der Waals surface area contributed by atoms with Crippen molar-refractivity contribution in [3.8, 4) is 0 Å². The van der Waals surface area contributed by atoms with Crippen molar-refractivity contribution in [3.63, 3.8) is 0 Å². The van der Waals surface area contributed by atoms with Gasteiger partial charge in [-0.25, -0.2) is 4.98 Å². The smallest absolute Gasteiger partial charge is 0.261 e. The molecule has 1 unspecified atom stereocenters. The molecular weight excluding hydrogens is 389 g/mol. The Morgan fingerprint density at radius 1 is 1.36 bits per heavy atom. The lowest BCUT2D eigenvalue weighted by Crippen LogP contribution is -2.46. The van der Waals surface area contributed by atoms with E-state index < -0.39 is 11.7 Å². The minimum atomic E-state index is -0.552. The monoisotopic (exact) mass is 403 g/mol. The molecule has 2 atom stereocenters. The first-order valence-corrected chi connectivity index (χ1v) is 8.97. The Bertz CT molecular complexity index is 884. The fourth-order valence-corrected chi connectivity index (χ4v) is 3.61. The highest BCUT2D eigenvalue weighted by atomic mass is 35.5. The van der Waals surface area contributed by atoms with E-state index in [2.05, 4.69) is 10.3 Å². The van der Waals surface area contributed by atoms with Crippen molar-refractivity contribution in [2.45, 2.75) is 38.0 Å². The number of nitrogens with one attached hydrogen (secondary N) is 1. The van der Waals surface area contributed by atoms with Crippen LogP contribution in [0.1, 0.15) is 19.3 Å². The molecule has 0 amide bonds. The van der Waals surface area contributed by atoms with Crippen LogP contribution in [0.2, 0.25) is 15.1 Å². The van der Waals surface area contributed by atoms with Gasteiger partial charge >= 0.3 is 0 Å². The van der Waals surface area contributed by atoms with Crippen LogP contribution in [0.25, 0.3) is 10.9 Å². The Labute approximate surface area is 158 Å². The summed E-state index contributed by atoms with van der Waals surface area (Å²) in [6.45, 7) is 0.634. The number of aliphatic hydroxyl groups is 1. The Morgan fingerprint density at radius 2 is 2.12 bits per heavy atom. The van der Waals surface area contributed by atoms with Gasteiger partial charge in [0.05, 0.1) is 44.9 Å². The molecule has 1 aromatic carbocycles. The number of carbonyl (C=O) groups is 1. The quantitative estimate of drug-likeness (QED) is 0.765. The fraction of sp³-hybridized carbons (Fsp3) is 0.438. The van der Waals surface area contributed by atoms with Gasteiger partial charge in [0, 0.05) is 12.5 Å². The van der Waals surface area contributed by atoms with Crippen LogP contribution < -0.4 is 10.9 Å². The molecule has 0 radical (unpaired) electrons. The highest BCUT2D eigenvalue weighted by molar-refractivity contribution is 6.50. The van der Waals surface area contributed by atoms with Crippen molar-refractivity contribution in [2.75, 3.05) is 6.54 Å². The predicted octanol–water partition coefficient (Wildman–Crippen LogP) is 2.43. The maximum atomic E-state index is 12.6. The number of Topliss-reactive ketones (excluding diaryl/α,β-unsaturated/α-hetero) is 1. The van der Waals surface area contributed by atoms with E-state index in [-0.39, 0.29) is 50.8 Å². The maximum absolute atomic E-state index is 12.6. The van der Waals surface area contributed by atoms with Crippen LogP contribution in [-0.2, 0) is 11.3 Å². The first kappa shape index (κ1) is 18.6. The van der Waals surface area contributed by atoms with Crippen molar-refractivity contribution in [3.05, 3.63) is 37.8 Å². The zero-order valence-corrected chi connectivity index (χ0v) is 15.4. The van der Waals surface area contributed by atoms with Crippen LogP contribution in [-0.4, -0.2) is 39.1 Å². The van der Waals surface area contributed by atoms with Crippen molar-refractivity contribution in [1.29, 1.82) is 0 Å². The Morgan fingerprint density at radius 3 is 2.84 bits per heavy atom. The Hall–Kier alpha value is -1.18. The lowest BCUT2D eigenvalue weighted by atomic mass is 9.97. The van der Waals surface area contributed by atoms with Crippen LogP contribution in [0.5, 0.6) is 0 Å². The van der Waals surface area contributed by atoms with Gasteiger partial charge < -0.3 is 10.4 Å². The van der Waals surface area contributed by atoms with Gasteiger partial charge in [-0.05, 0) is 25.5 Å². The zero-order valence-electron chi connectivity index (χ0n) is 13.1. The molecule has 1 aromatic heterocycles. The van der Waals surface area contributed by atoms with E-state index in [1.807, 2.05) is 0 Å². The van der Waals surface area contributed by atoms with E-state index in [1.54, 1.807) is 0 Å². The lowest BCUT2D eigenvalue weighted by molar-refractivity contribution is -0.121. The lowest BCUT2D eigenvalue weighted by Gasteiger charge is -2.28. The van der Waals surface area contributed by atoms with Crippen molar-refractivity contribution in [2.24, 2.45) is 0 Å². The SMILES string of the molecule is O=C(C[C@H]1NCCCC1O)Cn1cnc2c(Cl)c(Cl)c(Cl)cc2c1=O. The van der Waals surface area contributed by atoms with Crippen LogP contribution in [0.3, 0.4) is 0 Å². The standard InChI is InChI=1S/C16H16Cl3N3O3/c17-10-5-9-15(14(19)13(10)18)21-7-22(16(9)25)6-8(23)4-11-12(24)2-1-3-20-11/h5,7,11-12,20,24H,1-4,6H2/t11-,12?/m1/s1. The number of hydrogen-bond donors (Lipinski definition) is 2. The minimum absolute atomic E-state index is 0.106. The molecule has 1 fully saturated rings. The number of benzene rings is 1. The highest BCUT2D eigenvalue weighted by Gasteiger charge is 2.25. The van der Waals surface area contributed by atoms with Crippen LogP contribution in [0, 0.1) is 0 Å². The average Bonchev–Trinajstić information content (AvgIpc) is 2.58. The molecule has 0 bridgehead atoms. The highest BCUT2D eigenvalue weighted by Crippen LogP contribution is 2.34. The van der Waals surface area contributed by atoms with E-state index in [1.165, 1.54) is 17.0 Å². The van der Waals surface area contributed by atoms with Crippen LogP contribution in [0.4, 0.5) is 0 Å². The number of aliphatic hydroxyl groups excluding tert-OH is 1. The molecule has 1 saturated heterocycles. The number of fused-ring (bicyclic) bond motifs is 1. The third-order valence-electron chi connectivity index (χ3n) is 4.30. The van der Waals surface area contributed by atoms with Crippen LogP contribution in [0.15, 0.2) is 17.2 Å². The molecule has 2 heterocycles. The first-order chi connectivity index (χ1) is 11.9. The first-order valence-electron chi connectivity index (χ1n) is 7.84. The molecule has 1 aliphatic rings. The number of carbonyl (C=O) groups excluding carboxylic acids is 1. The third-order valence-corrected chi connectivity index (χ3v) is 5.55. The molecule has 3 rings (SSSR count). The fourth-order valence-electron chi connectivity index (χ4n) is 2.97. The summed E-state index contributed by atoms with van der Waals surface area (Å²) in [7, 11) is 0. The third kappa shape index (κ3) is 3.83. The molecule has 2 aromatic rings. The summed E-state index contributed by atoms with van der Waals surface area (Å²) in [4.78, 5) is 29.0. The summed E-state index contributed by atoms with van der Waals surface area (Å²) in [5.74, 6) is -0.173. The number of halogens is 3. The number of ketones is 1. The Balaban J connectivity index is 1.84. The van der Waals surface area contributed by atoms with Gasteiger partial charge in [0.2, 0.25) is 0 Å². The Kier molecular flexibility index (Phi) is 5.65. The van der Waals surface area contributed by atoms with Gasteiger partial charge in [-0.3, -0.25) is 14.2 Å². The topological polar surface area (TPSA) is 84.2 Å². The second kappa shape index (κ2) is 7.60. The molecule has 0 saturated carbocycles. The normalized spacial score (nSPS) is 20.8. The number of aromatic nitrogens is 2. The number of hydrogen-bond acceptors (Lipinski definition) is 5. The molecule has 0 aliphatic carbocycles. The van der Waals surface area contributed by atoms with Crippen molar-refractivity contribution >= 4 is 51.5 Å². The summed E-state index contributed by atoms with van der Waals surface area (Å²) in [6.07, 6.45) is 2.41. The summed E-state index contributed by atoms with van der Waals surface area (Å²) in [5.41, 5.74) is -0.176. The summed E-state index contributed by atoms with van der Waals surface area (Å²) in [6, 6.07) is 1.11. The molecule has 2 N–H and O–H groups in total. The van der Waals surface area contributed by atoms with E-state index in [9.17, 15) is 14.7 Å². The number of rotatable bonds is 4. The van der Waals surface area contributed by atoms with Crippen LogP contribution >= 0.6 is 34.8 Å². The maximum Gasteiger partial charge on any atom is 0.261 e. The summed E-state index contributed by atoms with van der Waals surface area (Å²) in [5, 5.41) is 13.6. The van der Waals surface area contributed by atoms with Gasteiger partial charge in [-0.2, -0.15) is 0 Å². The van der Waals surface area contributed by atoms with Gasteiger partial charge in [0.15, 0.2) is 5.78 Å². The molecule has 0 spiro atoms. The largest absolute Gasteiger partial charge is 0.391 e. The van der Waals surface area contributed by atoms with E-state index in [0.29, 0.717) is 6.42 Å². The molecular formula is C16H16Cl3N3O3. The van der Waals surface area contributed by atoms with E-state index in [4.69, 9.17) is 34.8 Å². The van der Waals surface area contributed by atoms with Gasteiger partial charge in [0.25, 0.3) is 5.56 Å². The molecule has 134 valence electrons. The van der Waals surface area contributed by atoms with Gasteiger partial charge in [-0.15, -0.1) is 0 Å². The minimum Gasteiger partial charge on any atom is -0.391 e. The zero-order chi connectivity index (χ0) is 18.1. The second-order valence-corrected chi connectivity index (χ2v) is 7.24.